The number of para-hydroxylation sites is 1. The fourth-order valence-corrected chi connectivity index (χ4v) is 5.28. The van der Waals surface area contributed by atoms with Gasteiger partial charge in [-0.1, -0.05) is 38.0 Å². The summed E-state index contributed by atoms with van der Waals surface area (Å²) in [5.74, 6) is -5.06. The van der Waals surface area contributed by atoms with Gasteiger partial charge in [-0.2, -0.15) is 13.2 Å². The zero-order valence-corrected chi connectivity index (χ0v) is 20.5. The molecule has 3 aromatic carbocycles. The third-order valence-corrected chi connectivity index (χ3v) is 7.08. The van der Waals surface area contributed by atoms with Gasteiger partial charge < -0.3 is 4.74 Å². The monoisotopic (exact) mass is 524 g/mol. The molecule has 0 unspecified atom stereocenters. The lowest BCUT2D eigenvalue weighted by molar-refractivity contribution is -0.142. The second kappa shape index (κ2) is 10.8. The number of halogens is 7. The van der Waals surface area contributed by atoms with Gasteiger partial charge in [0.05, 0.1) is 0 Å². The third-order valence-electron chi connectivity index (χ3n) is 7.08. The van der Waals surface area contributed by atoms with Gasteiger partial charge in [-0.3, -0.25) is 0 Å². The van der Waals surface area contributed by atoms with Crippen LogP contribution in [0.15, 0.2) is 42.5 Å². The maximum absolute atomic E-state index is 15.7. The molecule has 0 aliphatic heterocycles. The highest BCUT2D eigenvalue weighted by Gasteiger charge is 2.38. The molecule has 1 fully saturated rings. The normalized spacial score (nSPS) is 18.2. The Bertz CT molecular complexity index is 1250. The van der Waals surface area contributed by atoms with Gasteiger partial charge in [0, 0.05) is 11.1 Å². The van der Waals surface area contributed by atoms with Gasteiger partial charge >= 0.3 is 6.18 Å². The van der Waals surface area contributed by atoms with Gasteiger partial charge in [-0.25, -0.2) is 17.6 Å². The maximum Gasteiger partial charge on any atom is 0.422 e. The predicted octanol–water partition coefficient (Wildman–Crippen LogP) is 10.1. The van der Waals surface area contributed by atoms with E-state index in [9.17, 15) is 26.3 Å². The first-order valence-corrected chi connectivity index (χ1v) is 12.3. The van der Waals surface area contributed by atoms with Crippen LogP contribution in [0.3, 0.4) is 0 Å². The van der Waals surface area contributed by atoms with E-state index in [-0.39, 0.29) is 39.7 Å². The number of alkyl halides is 3. The molecule has 0 heterocycles. The summed E-state index contributed by atoms with van der Waals surface area (Å²) in [5.41, 5.74) is -2.02. The van der Waals surface area contributed by atoms with Crippen LogP contribution in [0.25, 0.3) is 11.1 Å². The minimum absolute atomic E-state index is 0.0349. The zero-order chi connectivity index (χ0) is 26.9. The lowest BCUT2D eigenvalue weighted by atomic mass is 9.77. The number of aryl methyl sites for hydroxylation is 1. The first-order valence-electron chi connectivity index (χ1n) is 12.3. The molecule has 4 rings (SSSR count). The molecule has 0 saturated heterocycles. The van der Waals surface area contributed by atoms with Crippen LogP contribution in [0, 0.1) is 36.1 Å². The van der Waals surface area contributed by atoms with Crippen LogP contribution in [-0.2, 0) is 6.18 Å². The third kappa shape index (κ3) is 5.63. The molecule has 3 aromatic rings. The number of rotatable bonds is 6. The molecule has 0 bridgehead atoms. The highest BCUT2D eigenvalue weighted by molar-refractivity contribution is 5.71. The second-order valence-electron chi connectivity index (χ2n) is 9.65. The molecule has 8 heteroatoms. The molecule has 1 aliphatic carbocycles. The molecule has 0 aromatic heterocycles. The van der Waals surface area contributed by atoms with E-state index in [1.54, 1.807) is 0 Å². The fourth-order valence-electron chi connectivity index (χ4n) is 5.28. The smallest absolute Gasteiger partial charge is 0.422 e. The Morgan fingerprint density at radius 1 is 0.865 bits per heavy atom. The molecule has 0 amide bonds. The molecule has 198 valence electrons. The van der Waals surface area contributed by atoms with Crippen LogP contribution in [0.5, 0.6) is 11.5 Å². The summed E-state index contributed by atoms with van der Waals surface area (Å²) < 4.78 is 104. The van der Waals surface area contributed by atoms with E-state index in [0.29, 0.717) is 30.9 Å². The summed E-state index contributed by atoms with van der Waals surface area (Å²) in [4.78, 5) is 0. The maximum atomic E-state index is 15.7. The van der Waals surface area contributed by atoms with Crippen molar-refractivity contribution in [2.45, 2.75) is 64.5 Å². The first-order chi connectivity index (χ1) is 17.5. The van der Waals surface area contributed by atoms with Crippen molar-refractivity contribution in [3.8, 4) is 22.6 Å². The summed E-state index contributed by atoms with van der Waals surface area (Å²) in [6, 6.07) is 8.15. The molecule has 0 N–H and O–H groups in total. The molecule has 37 heavy (non-hydrogen) atoms. The van der Waals surface area contributed by atoms with Gasteiger partial charge in [-0.15, -0.1) is 0 Å². The van der Waals surface area contributed by atoms with Crippen molar-refractivity contribution in [1.29, 1.82) is 0 Å². The summed E-state index contributed by atoms with van der Waals surface area (Å²) in [6.45, 7) is 3.59. The average Bonchev–Trinajstić information content (AvgIpc) is 2.82. The van der Waals surface area contributed by atoms with E-state index < -0.39 is 35.0 Å². The topological polar surface area (TPSA) is 9.23 Å². The van der Waals surface area contributed by atoms with Crippen molar-refractivity contribution in [1.82, 2.24) is 0 Å². The van der Waals surface area contributed by atoms with Crippen LogP contribution < -0.4 is 4.74 Å². The van der Waals surface area contributed by atoms with Crippen LogP contribution >= 0.6 is 0 Å². The Hall–Kier alpha value is -3.03. The molecule has 1 nitrogen and oxygen atoms in total. The highest BCUT2D eigenvalue weighted by atomic mass is 19.4. The molecular weight excluding hydrogens is 497 g/mol. The largest absolute Gasteiger partial charge is 0.453 e. The molecule has 0 spiro atoms. The fraction of sp³-hybridized carbons (Fsp3) is 0.379. The van der Waals surface area contributed by atoms with Crippen LogP contribution in [0.1, 0.15) is 68.1 Å². The first kappa shape index (κ1) is 27.0. The average molecular weight is 525 g/mol. The molecule has 1 aliphatic rings. The van der Waals surface area contributed by atoms with Crippen molar-refractivity contribution in [2.24, 2.45) is 5.92 Å². The van der Waals surface area contributed by atoms with Crippen LogP contribution in [0.2, 0.25) is 0 Å². The number of benzene rings is 3. The van der Waals surface area contributed by atoms with Gasteiger partial charge in [0.25, 0.3) is 0 Å². The van der Waals surface area contributed by atoms with Crippen molar-refractivity contribution in [3.63, 3.8) is 0 Å². The molecular formula is C29H27F7O. The lowest BCUT2D eigenvalue weighted by Crippen LogP contribution is -2.16. The van der Waals surface area contributed by atoms with Crippen LogP contribution in [0.4, 0.5) is 30.7 Å². The number of ether oxygens (including phenoxy) is 1. The zero-order valence-electron chi connectivity index (χ0n) is 20.5. The summed E-state index contributed by atoms with van der Waals surface area (Å²) in [5, 5.41) is 0. The van der Waals surface area contributed by atoms with Gasteiger partial charge in [0.15, 0.2) is 11.6 Å². The van der Waals surface area contributed by atoms with Crippen molar-refractivity contribution >= 4 is 0 Å². The molecule has 0 radical (unpaired) electrons. The Morgan fingerprint density at radius 2 is 1.49 bits per heavy atom. The molecule has 0 atom stereocenters. The highest BCUT2D eigenvalue weighted by Crippen LogP contribution is 2.44. The van der Waals surface area contributed by atoms with E-state index in [0.717, 1.165) is 25.7 Å². The summed E-state index contributed by atoms with van der Waals surface area (Å²) in [7, 11) is 0. The standard InChI is InChI=1S/C29H27F7O/c1-3-6-17-9-11-18(12-10-17)25-21(30)13-16(2)28(27(25)33)37-24-8-5-4-7-20(24)19-14-22(31)26(23(32)15-19)29(34,35)36/h4-5,7-8,13-15,17-18H,3,6,9-12H2,1-2H3. The van der Waals surface area contributed by atoms with Crippen LogP contribution in [-0.4, -0.2) is 0 Å². The Kier molecular flexibility index (Phi) is 7.85. The van der Waals surface area contributed by atoms with E-state index in [2.05, 4.69) is 6.92 Å². The van der Waals surface area contributed by atoms with Crippen molar-refractivity contribution < 1.29 is 35.5 Å². The Morgan fingerprint density at radius 3 is 2.08 bits per heavy atom. The number of hydrogen-bond donors (Lipinski definition) is 0. The second-order valence-corrected chi connectivity index (χ2v) is 9.65. The van der Waals surface area contributed by atoms with E-state index in [1.165, 1.54) is 37.3 Å². The minimum atomic E-state index is -5.21. The van der Waals surface area contributed by atoms with Gasteiger partial charge in [0.1, 0.15) is 28.8 Å². The Balaban J connectivity index is 1.70. The summed E-state index contributed by atoms with van der Waals surface area (Å²) >= 11 is 0. The van der Waals surface area contributed by atoms with Crippen molar-refractivity contribution in [2.75, 3.05) is 0 Å². The van der Waals surface area contributed by atoms with Gasteiger partial charge in [-0.05, 0) is 79.8 Å². The Labute approximate surface area is 211 Å². The number of hydrogen-bond acceptors (Lipinski definition) is 1. The van der Waals surface area contributed by atoms with Gasteiger partial charge in [0.2, 0.25) is 0 Å². The van der Waals surface area contributed by atoms with E-state index in [4.69, 9.17) is 4.74 Å². The summed E-state index contributed by atoms with van der Waals surface area (Å²) in [6.07, 6.45) is 0.0196. The minimum Gasteiger partial charge on any atom is -0.453 e. The van der Waals surface area contributed by atoms with E-state index >= 15 is 4.39 Å². The SMILES string of the molecule is CCCC1CCC(c2c(F)cc(C)c(Oc3ccccc3-c3cc(F)c(C(F)(F)F)c(F)c3)c2F)CC1. The predicted molar refractivity (Wildman–Crippen MR) is 128 cm³/mol. The van der Waals surface area contributed by atoms with Crippen molar-refractivity contribution in [3.05, 3.63) is 82.4 Å². The van der Waals surface area contributed by atoms with E-state index in [1.807, 2.05) is 0 Å². The molecule has 1 saturated carbocycles. The lowest BCUT2D eigenvalue weighted by Gasteiger charge is -2.29. The quantitative estimate of drug-likeness (QED) is 0.292.